The molecule has 2 aliphatic heterocycles. The topological polar surface area (TPSA) is 98.7 Å². The van der Waals surface area contributed by atoms with Gasteiger partial charge in [0.1, 0.15) is 18.1 Å². The lowest BCUT2D eigenvalue weighted by atomic mass is 10.1. The third-order valence-corrected chi connectivity index (χ3v) is 8.16. The third-order valence-electron chi connectivity index (χ3n) is 7.93. The van der Waals surface area contributed by atoms with E-state index in [4.69, 9.17) is 11.6 Å². The minimum absolute atomic E-state index is 0.0992. The number of rotatable bonds is 5. The van der Waals surface area contributed by atoms with E-state index in [1.54, 1.807) is 4.90 Å². The number of anilines is 4. The zero-order chi connectivity index (χ0) is 25.3. The molecule has 0 spiro atoms. The second kappa shape index (κ2) is 8.53. The summed E-state index contributed by atoms with van der Waals surface area (Å²) in [6.07, 6.45) is 4.23. The van der Waals surface area contributed by atoms with Crippen molar-refractivity contribution in [1.82, 2.24) is 9.97 Å². The largest absolute Gasteiger partial charge is 0.391 e. The Balaban J connectivity index is 1.23. The highest BCUT2D eigenvalue weighted by Gasteiger charge is 2.48. The van der Waals surface area contributed by atoms with Crippen LogP contribution in [0.3, 0.4) is 0 Å². The minimum Gasteiger partial charge on any atom is -0.391 e. The van der Waals surface area contributed by atoms with E-state index < -0.39 is 12.1 Å². The van der Waals surface area contributed by atoms with Gasteiger partial charge < -0.3 is 15.3 Å². The van der Waals surface area contributed by atoms with E-state index in [1.165, 1.54) is 24.7 Å². The summed E-state index contributed by atoms with van der Waals surface area (Å²) >= 11 is 6.15. The normalized spacial score (nSPS) is 26.1. The number of halogens is 1. The lowest BCUT2D eigenvalue weighted by molar-refractivity contribution is -0.119. The van der Waals surface area contributed by atoms with Gasteiger partial charge >= 0.3 is 0 Å². The van der Waals surface area contributed by atoms with Gasteiger partial charge in [0.25, 0.3) is 5.91 Å². The SMILES string of the molecule is O=C(Nc1ncnc2c1N(c1ccc(C3CC3)cc1)C(=O)[C@H]1C[C@H](O)CN21)[C@H]1C[C@@H]1c1cccc(Cl)c1. The number of carbonyl (C=O) groups excluding carboxylic acids is 2. The Morgan fingerprint density at radius 3 is 2.62 bits per heavy atom. The van der Waals surface area contributed by atoms with Crippen LogP contribution in [-0.2, 0) is 9.59 Å². The average Bonchev–Trinajstić information content (AvgIpc) is 3.82. The fraction of sp³-hybridized carbons (Fsp3) is 0.357. The lowest BCUT2D eigenvalue weighted by Crippen LogP contribution is -2.49. The summed E-state index contributed by atoms with van der Waals surface area (Å²) in [6.45, 7) is 0.307. The Morgan fingerprint density at radius 2 is 1.86 bits per heavy atom. The minimum atomic E-state index is -0.628. The summed E-state index contributed by atoms with van der Waals surface area (Å²) in [6, 6.07) is 15.1. The zero-order valence-electron chi connectivity index (χ0n) is 20.0. The number of nitrogens with zero attached hydrogens (tertiary/aromatic N) is 4. The van der Waals surface area contributed by atoms with Crippen molar-refractivity contribution < 1.29 is 14.7 Å². The molecule has 9 heteroatoms. The smallest absolute Gasteiger partial charge is 0.254 e. The van der Waals surface area contributed by atoms with Crippen LogP contribution in [0, 0.1) is 5.92 Å². The quantitative estimate of drug-likeness (QED) is 0.523. The molecule has 2 saturated carbocycles. The molecular weight excluding hydrogens is 490 g/mol. The van der Waals surface area contributed by atoms with Crippen LogP contribution in [0.5, 0.6) is 0 Å². The lowest BCUT2D eigenvalue weighted by Gasteiger charge is -2.38. The molecule has 3 fully saturated rings. The van der Waals surface area contributed by atoms with E-state index in [2.05, 4.69) is 27.4 Å². The first-order valence-corrected chi connectivity index (χ1v) is 13.2. The van der Waals surface area contributed by atoms with Crippen LogP contribution >= 0.6 is 11.6 Å². The van der Waals surface area contributed by atoms with Crippen molar-refractivity contribution in [3.63, 3.8) is 0 Å². The first-order valence-electron chi connectivity index (χ1n) is 12.8. The summed E-state index contributed by atoms with van der Waals surface area (Å²) < 4.78 is 0. The van der Waals surface area contributed by atoms with Crippen LogP contribution in [0.4, 0.5) is 23.0 Å². The summed E-state index contributed by atoms with van der Waals surface area (Å²) in [5.74, 6) is 1.04. The van der Waals surface area contributed by atoms with Gasteiger partial charge in [0.15, 0.2) is 11.6 Å². The van der Waals surface area contributed by atoms with E-state index in [0.29, 0.717) is 46.9 Å². The van der Waals surface area contributed by atoms with Crippen LogP contribution < -0.4 is 15.1 Å². The molecule has 0 radical (unpaired) electrons. The summed E-state index contributed by atoms with van der Waals surface area (Å²) in [5, 5.41) is 14.0. The molecule has 2 amide bonds. The monoisotopic (exact) mass is 515 g/mol. The summed E-state index contributed by atoms with van der Waals surface area (Å²) in [7, 11) is 0. The van der Waals surface area contributed by atoms with Gasteiger partial charge in [-0.25, -0.2) is 9.97 Å². The zero-order valence-corrected chi connectivity index (χ0v) is 20.8. The molecule has 7 rings (SSSR count). The van der Waals surface area contributed by atoms with E-state index in [0.717, 1.165) is 12.0 Å². The first kappa shape index (κ1) is 22.7. The van der Waals surface area contributed by atoms with E-state index in [9.17, 15) is 14.7 Å². The summed E-state index contributed by atoms with van der Waals surface area (Å²) in [5.41, 5.74) is 3.46. The molecule has 3 aromatic rings. The predicted octanol–water partition coefficient (Wildman–Crippen LogP) is 4.37. The number of hydrogen-bond donors (Lipinski definition) is 2. The molecule has 1 saturated heterocycles. The molecule has 2 aliphatic carbocycles. The number of hydrogen-bond acceptors (Lipinski definition) is 6. The third kappa shape index (κ3) is 3.95. The van der Waals surface area contributed by atoms with Gasteiger partial charge in [-0.05, 0) is 66.5 Å². The fourth-order valence-electron chi connectivity index (χ4n) is 5.79. The maximum absolute atomic E-state index is 13.8. The number of fused-ring (bicyclic) bond motifs is 3. The van der Waals surface area contributed by atoms with Crippen LogP contribution in [0.2, 0.25) is 5.02 Å². The van der Waals surface area contributed by atoms with Crippen molar-refractivity contribution in [3.8, 4) is 0 Å². The molecule has 4 aliphatic rings. The van der Waals surface area contributed by atoms with Gasteiger partial charge in [-0.15, -0.1) is 0 Å². The molecule has 0 bridgehead atoms. The molecule has 1 aromatic heterocycles. The van der Waals surface area contributed by atoms with Gasteiger partial charge in [0.2, 0.25) is 5.91 Å². The Hall–Kier alpha value is -3.49. The first-order chi connectivity index (χ1) is 18.0. The van der Waals surface area contributed by atoms with Crippen LogP contribution in [-0.4, -0.2) is 45.6 Å². The number of aliphatic hydroxyl groups excluding tert-OH is 1. The van der Waals surface area contributed by atoms with Crippen molar-refractivity contribution >= 4 is 46.4 Å². The molecule has 2 aromatic carbocycles. The molecule has 4 atom stereocenters. The maximum Gasteiger partial charge on any atom is 0.254 e. The number of aliphatic hydroxyl groups is 1. The maximum atomic E-state index is 13.8. The molecule has 37 heavy (non-hydrogen) atoms. The number of amides is 2. The average molecular weight is 516 g/mol. The Kier molecular flexibility index (Phi) is 5.23. The van der Waals surface area contributed by atoms with E-state index in [1.807, 2.05) is 41.3 Å². The summed E-state index contributed by atoms with van der Waals surface area (Å²) in [4.78, 5) is 39.5. The Labute approximate surface area is 219 Å². The van der Waals surface area contributed by atoms with Gasteiger partial charge in [-0.1, -0.05) is 35.9 Å². The van der Waals surface area contributed by atoms with Crippen LogP contribution in [0.25, 0.3) is 0 Å². The van der Waals surface area contributed by atoms with Crippen molar-refractivity contribution in [2.24, 2.45) is 5.92 Å². The van der Waals surface area contributed by atoms with E-state index >= 15 is 0 Å². The Morgan fingerprint density at radius 1 is 1.05 bits per heavy atom. The van der Waals surface area contributed by atoms with Crippen molar-refractivity contribution in [1.29, 1.82) is 0 Å². The molecule has 8 nitrogen and oxygen atoms in total. The highest BCUT2D eigenvalue weighted by atomic mass is 35.5. The number of carbonyl (C=O) groups is 2. The van der Waals surface area contributed by atoms with Gasteiger partial charge in [-0.2, -0.15) is 0 Å². The highest BCUT2D eigenvalue weighted by molar-refractivity contribution is 6.30. The van der Waals surface area contributed by atoms with Crippen molar-refractivity contribution in [2.45, 2.75) is 49.7 Å². The Bertz CT molecular complexity index is 1410. The standard InChI is InChI=1S/C28H26ClN5O3/c29-18-3-1-2-17(10-18)21-12-22(21)27(36)32-25-24-26(31-14-30-25)33-13-20(35)11-23(33)28(37)34(24)19-8-6-16(7-9-19)15-4-5-15/h1-3,6-10,14-15,20-23,35H,4-5,11-13H2,(H,30,31,32,36)/t20-,21+,22-,23+/m0/s1. The molecular formula is C28H26ClN5O3. The predicted molar refractivity (Wildman–Crippen MR) is 140 cm³/mol. The fourth-order valence-corrected chi connectivity index (χ4v) is 5.99. The van der Waals surface area contributed by atoms with Crippen molar-refractivity contribution in [3.05, 3.63) is 71.0 Å². The molecule has 188 valence electrons. The van der Waals surface area contributed by atoms with Gasteiger partial charge in [-0.3, -0.25) is 14.5 Å². The highest BCUT2D eigenvalue weighted by Crippen LogP contribution is 2.50. The molecule has 3 heterocycles. The number of benzene rings is 2. The van der Waals surface area contributed by atoms with Gasteiger partial charge in [0, 0.05) is 29.6 Å². The molecule has 2 N–H and O–H groups in total. The number of nitrogens with one attached hydrogen (secondary N) is 1. The second-order valence-corrected chi connectivity index (χ2v) is 10.9. The second-order valence-electron chi connectivity index (χ2n) is 10.5. The molecule has 0 unspecified atom stereocenters. The van der Waals surface area contributed by atoms with E-state index in [-0.39, 0.29) is 23.7 Å². The van der Waals surface area contributed by atoms with Crippen molar-refractivity contribution in [2.75, 3.05) is 21.7 Å². The number of aromatic nitrogens is 2. The van der Waals surface area contributed by atoms with Gasteiger partial charge in [0.05, 0.1) is 6.10 Å². The van der Waals surface area contributed by atoms with Crippen LogP contribution in [0.15, 0.2) is 54.9 Å². The van der Waals surface area contributed by atoms with Crippen LogP contribution in [0.1, 0.15) is 48.6 Å².